The number of benzene rings is 1. The number of rotatable bonds is 6. The van der Waals surface area contributed by atoms with E-state index in [4.69, 9.17) is 15.2 Å². The van der Waals surface area contributed by atoms with Gasteiger partial charge in [0.15, 0.2) is 0 Å². The van der Waals surface area contributed by atoms with Gasteiger partial charge in [-0.25, -0.2) is 0 Å². The van der Waals surface area contributed by atoms with E-state index in [1.165, 1.54) is 19.3 Å². The molecule has 0 radical (unpaired) electrons. The summed E-state index contributed by atoms with van der Waals surface area (Å²) in [6.07, 6.45) is 6.94. The summed E-state index contributed by atoms with van der Waals surface area (Å²) < 4.78 is 10.6. The molecule has 2 fully saturated rings. The highest BCUT2D eigenvalue weighted by Gasteiger charge is 2.39. The Balaban J connectivity index is 1.56. The summed E-state index contributed by atoms with van der Waals surface area (Å²) >= 11 is 0. The molecule has 2 atom stereocenters. The SMILES string of the molecule is COc1cc(CCC(=O)NC2C3CCCC2CC(N)C3)cc(OC)c1. The van der Waals surface area contributed by atoms with E-state index in [2.05, 4.69) is 5.32 Å². The Labute approximate surface area is 150 Å². The lowest BCUT2D eigenvalue weighted by molar-refractivity contribution is -0.123. The third-order valence-electron chi connectivity index (χ3n) is 5.76. The molecule has 5 nitrogen and oxygen atoms in total. The second-order valence-corrected chi connectivity index (χ2v) is 7.50. The van der Waals surface area contributed by atoms with Crippen molar-refractivity contribution in [1.82, 2.24) is 5.32 Å². The van der Waals surface area contributed by atoms with Crippen LogP contribution in [0.15, 0.2) is 18.2 Å². The van der Waals surface area contributed by atoms with Crippen LogP contribution in [0.2, 0.25) is 0 Å². The number of nitrogens with two attached hydrogens (primary N) is 1. The first-order valence-corrected chi connectivity index (χ1v) is 9.36. The molecule has 3 N–H and O–H groups in total. The number of hydrogen-bond donors (Lipinski definition) is 2. The van der Waals surface area contributed by atoms with E-state index in [-0.39, 0.29) is 5.91 Å². The Morgan fingerprint density at radius 2 is 1.72 bits per heavy atom. The minimum Gasteiger partial charge on any atom is -0.497 e. The van der Waals surface area contributed by atoms with Gasteiger partial charge in [0.05, 0.1) is 14.2 Å². The van der Waals surface area contributed by atoms with Crippen LogP contribution in [-0.4, -0.2) is 32.2 Å². The summed E-state index contributed by atoms with van der Waals surface area (Å²) in [6.45, 7) is 0. The molecule has 1 aromatic rings. The van der Waals surface area contributed by atoms with Gasteiger partial charge in [0.25, 0.3) is 0 Å². The van der Waals surface area contributed by atoms with Gasteiger partial charge in [-0.15, -0.1) is 0 Å². The summed E-state index contributed by atoms with van der Waals surface area (Å²) in [5.74, 6) is 2.77. The Morgan fingerprint density at radius 3 is 2.28 bits per heavy atom. The first-order chi connectivity index (χ1) is 12.1. The molecule has 2 aliphatic rings. The van der Waals surface area contributed by atoms with Crippen LogP contribution in [0.4, 0.5) is 0 Å². The van der Waals surface area contributed by atoms with E-state index in [0.29, 0.717) is 36.8 Å². The summed E-state index contributed by atoms with van der Waals surface area (Å²) in [6, 6.07) is 6.40. The fourth-order valence-electron chi connectivity index (χ4n) is 4.55. The molecule has 1 aromatic carbocycles. The molecule has 0 spiro atoms. The summed E-state index contributed by atoms with van der Waals surface area (Å²) in [5.41, 5.74) is 7.22. The maximum Gasteiger partial charge on any atom is 0.220 e. The van der Waals surface area contributed by atoms with Crippen LogP contribution in [-0.2, 0) is 11.2 Å². The predicted octanol–water partition coefficient (Wildman–Crippen LogP) is 2.66. The largest absolute Gasteiger partial charge is 0.497 e. The van der Waals surface area contributed by atoms with Gasteiger partial charge in [0.1, 0.15) is 11.5 Å². The summed E-state index contributed by atoms with van der Waals surface area (Å²) in [4.78, 5) is 12.5. The molecule has 0 heterocycles. The number of amides is 1. The van der Waals surface area contributed by atoms with Gasteiger partial charge in [-0.05, 0) is 61.6 Å². The van der Waals surface area contributed by atoms with E-state index in [0.717, 1.165) is 29.9 Å². The number of carbonyl (C=O) groups excluding carboxylic acids is 1. The Bertz CT molecular complexity index is 568. The number of fused-ring (bicyclic) bond motifs is 2. The zero-order chi connectivity index (χ0) is 17.8. The minimum absolute atomic E-state index is 0.138. The van der Waals surface area contributed by atoms with Crippen LogP contribution in [0.25, 0.3) is 0 Å². The number of hydrogen-bond acceptors (Lipinski definition) is 4. The molecule has 138 valence electrons. The van der Waals surface area contributed by atoms with Gasteiger partial charge in [-0.1, -0.05) is 6.42 Å². The normalized spacial score (nSPS) is 28.3. The van der Waals surface area contributed by atoms with Crippen molar-refractivity contribution in [2.24, 2.45) is 17.6 Å². The first kappa shape index (κ1) is 18.1. The van der Waals surface area contributed by atoms with Crippen LogP contribution < -0.4 is 20.5 Å². The molecule has 2 saturated carbocycles. The van der Waals surface area contributed by atoms with E-state index < -0.39 is 0 Å². The fourth-order valence-corrected chi connectivity index (χ4v) is 4.55. The third-order valence-corrected chi connectivity index (χ3v) is 5.76. The van der Waals surface area contributed by atoms with Gasteiger partial charge in [0, 0.05) is 24.6 Å². The van der Waals surface area contributed by atoms with Crippen LogP contribution in [0, 0.1) is 11.8 Å². The molecular weight excluding hydrogens is 316 g/mol. The molecule has 0 aromatic heterocycles. The molecular formula is C20H30N2O3. The van der Waals surface area contributed by atoms with Gasteiger partial charge in [-0.3, -0.25) is 4.79 Å². The van der Waals surface area contributed by atoms with Gasteiger partial charge in [0.2, 0.25) is 5.91 Å². The van der Waals surface area contributed by atoms with Crippen molar-refractivity contribution < 1.29 is 14.3 Å². The topological polar surface area (TPSA) is 73.6 Å². The van der Waals surface area contributed by atoms with Crippen LogP contribution in [0.3, 0.4) is 0 Å². The van der Waals surface area contributed by atoms with Crippen LogP contribution >= 0.6 is 0 Å². The molecule has 5 heteroatoms. The first-order valence-electron chi connectivity index (χ1n) is 9.36. The predicted molar refractivity (Wildman–Crippen MR) is 97.8 cm³/mol. The fraction of sp³-hybridized carbons (Fsp3) is 0.650. The van der Waals surface area contributed by atoms with Crippen LogP contribution in [0.1, 0.15) is 44.1 Å². The van der Waals surface area contributed by atoms with E-state index in [1.807, 2.05) is 18.2 Å². The van der Waals surface area contributed by atoms with Crippen molar-refractivity contribution in [3.05, 3.63) is 23.8 Å². The number of methoxy groups -OCH3 is 2. The smallest absolute Gasteiger partial charge is 0.220 e. The van der Waals surface area contributed by atoms with Crippen LogP contribution in [0.5, 0.6) is 11.5 Å². The number of aryl methyl sites for hydroxylation is 1. The molecule has 2 bridgehead atoms. The highest BCUT2D eigenvalue weighted by atomic mass is 16.5. The lowest BCUT2D eigenvalue weighted by Crippen LogP contribution is -2.53. The average Bonchev–Trinajstić information content (AvgIpc) is 2.60. The van der Waals surface area contributed by atoms with Gasteiger partial charge < -0.3 is 20.5 Å². The van der Waals surface area contributed by atoms with Crippen molar-refractivity contribution in [3.8, 4) is 11.5 Å². The molecule has 2 unspecified atom stereocenters. The Morgan fingerprint density at radius 1 is 1.12 bits per heavy atom. The van der Waals surface area contributed by atoms with E-state index in [9.17, 15) is 4.79 Å². The zero-order valence-electron chi connectivity index (χ0n) is 15.3. The lowest BCUT2D eigenvalue weighted by Gasteiger charge is -2.45. The highest BCUT2D eigenvalue weighted by Crippen LogP contribution is 2.39. The number of ether oxygens (including phenoxy) is 2. The molecule has 1 amide bonds. The van der Waals surface area contributed by atoms with Crippen molar-refractivity contribution in [2.45, 2.75) is 57.0 Å². The number of nitrogens with one attached hydrogen (secondary N) is 1. The maximum atomic E-state index is 12.5. The second-order valence-electron chi connectivity index (χ2n) is 7.50. The molecule has 0 aliphatic heterocycles. The van der Waals surface area contributed by atoms with Gasteiger partial charge in [-0.2, -0.15) is 0 Å². The standard InChI is InChI=1S/C20H30N2O3/c1-24-17-8-13(9-18(12-17)25-2)6-7-19(23)22-20-14-4-3-5-15(20)11-16(21)10-14/h8-9,12,14-16,20H,3-7,10-11,21H2,1-2H3,(H,22,23). The summed E-state index contributed by atoms with van der Waals surface area (Å²) in [7, 11) is 3.27. The summed E-state index contributed by atoms with van der Waals surface area (Å²) in [5, 5.41) is 3.31. The second kappa shape index (κ2) is 8.09. The quantitative estimate of drug-likeness (QED) is 0.830. The molecule has 2 aliphatic carbocycles. The lowest BCUT2D eigenvalue weighted by atomic mass is 9.67. The zero-order valence-corrected chi connectivity index (χ0v) is 15.3. The van der Waals surface area contributed by atoms with Crippen molar-refractivity contribution in [2.75, 3.05) is 14.2 Å². The van der Waals surface area contributed by atoms with E-state index >= 15 is 0 Å². The van der Waals surface area contributed by atoms with Crippen molar-refractivity contribution in [3.63, 3.8) is 0 Å². The Kier molecular flexibility index (Phi) is 5.84. The maximum absolute atomic E-state index is 12.5. The van der Waals surface area contributed by atoms with E-state index in [1.54, 1.807) is 14.2 Å². The highest BCUT2D eigenvalue weighted by molar-refractivity contribution is 5.76. The van der Waals surface area contributed by atoms with Crippen molar-refractivity contribution in [1.29, 1.82) is 0 Å². The molecule has 25 heavy (non-hydrogen) atoms. The minimum atomic E-state index is 0.138. The van der Waals surface area contributed by atoms with Gasteiger partial charge >= 0.3 is 0 Å². The molecule has 0 saturated heterocycles. The average molecular weight is 346 g/mol. The number of carbonyl (C=O) groups is 1. The Hall–Kier alpha value is -1.75. The monoisotopic (exact) mass is 346 g/mol. The third kappa shape index (κ3) is 4.46. The van der Waals surface area contributed by atoms with Crippen molar-refractivity contribution >= 4 is 5.91 Å². The molecule has 3 rings (SSSR count).